The van der Waals surface area contributed by atoms with Crippen LogP contribution in [-0.2, 0) is 13.2 Å². The predicted octanol–water partition coefficient (Wildman–Crippen LogP) is 3.15. The lowest BCUT2D eigenvalue weighted by Crippen LogP contribution is -2.08. The first kappa shape index (κ1) is 19.6. The average molecular weight is 431 g/mol. The Morgan fingerprint density at radius 1 is 0.781 bits per heavy atom. The number of benzene rings is 2. The SMILES string of the molecule is O=c1ccc2ccc(OCCn3cc(COc4ccc5ccc(=O)oc5c4)nn3)cc2o1. The third kappa shape index (κ3) is 4.36. The van der Waals surface area contributed by atoms with Crippen molar-refractivity contribution in [1.29, 1.82) is 0 Å². The summed E-state index contributed by atoms with van der Waals surface area (Å²) in [4.78, 5) is 22.7. The van der Waals surface area contributed by atoms with E-state index in [1.165, 1.54) is 12.1 Å². The van der Waals surface area contributed by atoms with Crippen LogP contribution in [-0.4, -0.2) is 21.6 Å². The van der Waals surface area contributed by atoms with Crippen LogP contribution in [0.2, 0.25) is 0 Å². The van der Waals surface area contributed by atoms with Gasteiger partial charge in [0, 0.05) is 35.0 Å². The van der Waals surface area contributed by atoms with Gasteiger partial charge in [0.15, 0.2) is 0 Å². The second-order valence-corrected chi connectivity index (χ2v) is 7.02. The normalized spacial score (nSPS) is 11.1. The van der Waals surface area contributed by atoms with Crippen molar-refractivity contribution in [3.05, 3.63) is 93.4 Å². The van der Waals surface area contributed by atoms with Gasteiger partial charge in [-0.1, -0.05) is 5.21 Å². The highest BCUT2D eigenvalue weighted by molar-refractivity contribution is 5.78. The number of rotatable bonds is 7. The molecule has 3 heterocycles. The topological polar surface area (TPSA) is 110 Å². The predicted molar refractivity (Wildman–Crippen MR) is 115 cm³/mol. The van der Waals surface area contributed by atoms with Crippen LogP contribution in [0, 0.1) is 0 Å². The zero-order valence-corrected chi connectivity index (χ0v) is 16.8. The number of aromatic nitrogens is 3. The van der Waals surface area contributed by atoms with Crippen molar-refractivity contribution in [3.63, 3.8) is 0 Å². The summed E-state index contributed by atoms with van der Waals surface area (Å²) in [6.45, 7) is 1.05. The number of nitrogens with zero attached hydrogens (tertiary/aromatic N) is 3. The Hall–Kier alpha value is -4.40. The summed E-state index contributed by atoms with van der Waals surface area (Å²) in [5.41, 5.74) is 0.771. The maximum Gasteiger partial charge on any atom is 0.336 e. The minimum Gasteiger partial charge on any atom is -0.492 e. The molecule has 0 atom stereocenters. The van der Waals surface area contributed by atoms with Crippen LogP contribution in [0.1, 0.15) is 5.69 Å². The first-order valence-electron chi connectivity index (χ1n) is 9.85. The van der Waals surface area contributed by atoms with Gasteiger partial charge in [-0.25, -0.2) is 14.3 Å². The fraction of sp³-hybridized carbons (Fsp3) is 0.130. The van der Waals surface area contributed by atoms with Crippen LogP contribution in [0.3, 0.4) is 0 Å². The quantitative estimate of drug-likeness (QED) is 0.362. The summed E-state index contributed by atoms with van der Waals surface area (Å²) >= 11 is 0. The molecular weight excluding hydrogens is 414 g/mol. The Morgan fingerprint density at radius 2 is 1.38 bits per heavy atom. The number of fused-ring (bicyclic) bond motifs is 2. The lowest BCUT2D eigenvalue weighted by Gasteiger charge is -2.06. The monoisotopic (exact) mass is 431 g/mol. The highest BCUT2D eigenvalue weighted by Crippen LogP contribution is 2.21. The highest BCUT2D eigenvalue weighted by Gasteiger charge is 2.06. The summed E-state index contributed by atoms with van der Waals surface area (Å²) in [6.07, 6.45) is 1.77. The lowest BCUT2D eigenvalue weighted by molar-refractivity contribution is 0.289. The van der Waals surface area contributed by atoms with E-state index < -0.39 is 11.3 Å². The molecule has 0 aliphatic heterocycles. The minimum atomic E-state index is -0.409. The minimum absolute atomic E-state index is 0.215. The zero-order valence-electron chi connectivity index (χ0n) is 16.8. The molecule has 0 aliphatic carbocycles. The third-order valence-electron chi connectivity index (χ3n) is 4.75. The van der Waals surface area contributed by atoms with E-state index in [1.807, 2.05) is 18.2 Å². The molecule has 0 saturated heterocycles. The van der Waals surface area contributed by atoms with Crippen LogP contribution in [0.25, 0.3) is 21.9 Å². The Morgan fingerprint density at radius 3 is 2.03 bits per heavy atom. The molecule has 5 aromatic rings. The molecule has 0 fully saturated rings. The van der Waals surface area contributed by atoms with E-state index in [-0.39, 0.29) is 6.61 Å². The van der Waals surface area contributed by atoms with E-state index in [0.29, 0.717) is 41.5 Å². The van der Waals surface area contributed by atoms with Gasteiger partial charge in [-0.15, -0.1) is 5.10 Å². The molecule has 0 spiro atoms. The molecule has 0 aliphatic rings. The molecule has 9 heteroatoms. The second-order valence-electron chi connectivity index (χ2n) is 7.02. The number of hydrogen-bond donors (Lipinski definition) is 0. The summed E-state index contributed by atoms with van der Waals surface area (Å²) in [5, 5.41) is 9.80. The largest absolute Gasteiger partial charge is 0.492 e. The first-order chi connectivity index (χ1) is 15.6. The van der Waals surface area contributed by atoms with Crippen molar-refractivity contribution in [3.8, 4) is 11.5 Å². The molecule has 3 aromatic heterocycles. The molecule has 160 valence electrons. The van der Waals surface area contributed by atoms with Crippen LogP contribution in [0.5, 0.6) is 11.5 Å². The van der Waals surface area contributed by atoms with Gasteiger partial charge >= 0.3 is 11.3 Å². The van der Waals surface area contributed by atoms with Gasteiger partial charge in [0.05, 0.1) is 12.7 Å². The van der Waals surface area contributed by atoms with E-state index in [4.69, 9.17) is 18.3 Å². The van der Waals surface area contributed by atoms with Crippen LogP contribution >= 0.6 is 0 Å². The van der Waals surface area contributed by atoms with Crippen molar-refractivity contribution in [1.82, 2.24) is 15.0 Å². The van der Waals surface area contributed by atoms with Gasteiger partial charge < -0.3 is 18.3 Å². The first-order valence-corrected chi connectivity index (χ1v) is 9.85. The van der Waals surface area contributed by atoms with E-state index in [2.05, 4.69) is 10.3 Å². The van der Waals surface area contributed by atoms with Gasteiger partial charge in [0.25, 0.3) is 0 Å². The van der Waals surface area contributed by atoms with Gasteiger partial charge in [-0.2, -0.15) is 0 Å². The summed E-state index contributed by atoms with van der Waals surface area (Å²) in [5.74, 6) is 1.16. The molecule has 0 saturated carbocycles. The number of hydrogen-bond acceptors (Lipinski definition) is 8. The molecule has 5 rings (SSSR count). The third-order valence-corrected chi connectivity index (χ3v) is 4.75. The van der Waals surface area contributed by atoms with E-state index >= 15 is 0 Å². The summed E-state index contributed by atoms with van der Waals surface area (Å²) in [6, 6.07) is 16.8. The maximum absolute atomic E-state index is 11.4. The fourth-order valence-electron chi connectivity index (χ4n) is 3.19. The molecule has 0 bridgehead atoms. The van der Waals surface area contributed by atoms with Gasteiger partial charge in [0.2, 0.25) is 0 Å². The Bertz CT molecular complexity index is 1520. The molecule has 0 amide bonds. The van der Waals surface area contributed by atoms with Crippen molar-refractivity contribution < 1.29 is 18.3 Å². The maximum atomic E-state index is 11.4. The molecule has 0 N–H and O–H groups in total. The molecule has 2 aromatic carbocycles. The average Bonchev–Trinajstić information content (AvgIpc) is 3.25. The van der Waals surface area contributed by atoms with Crippen molar-refractivity contribution in [2.45, 2.75) is 13.2 Å². The molecular formula is C23H17N3O6. The number of ether oxygens (including phenoxy) is 2. The molecule has 9 nitrogen and oxygen atoms in total. The van der Waals surface area contributed by atoms with Crippen LogP contribution in [0.15, 0.2) is 85.3 Å². The molecule has 0 radical (unpaired) electrons. The summed E-state index contributed by atoms with van der Waals surface area (Å²) < 4.78 is 23.4. The Balaban J connectivity index is 1.16. The van der Waals surface area contributed by atoms with Gasteiger partial charge in [-0.05, 0) is 36.4 Å². The van der Waals surface area contributed by atoms with Crippen molar-refractivity contribution in [2.24, 2.45) is 0 Å². The Kier molecular flexibility index (Phi) is 5.12. The fourth-order valence-corrected chi connectivity index (χ4v) is 3.19. The van der Waals surface area contributed by atoms with E-state index in [0.717, 1.165) is 10.8 Å². The summed E-state index contributed by atoms with van der Waals surface area (Å²) in [7, 11) is 0. The smallest absolute Gasteiger partial charge is 0.336 e. The second kappa shape index (κ2) is 8.38. The van der Waals surface area contributed by atoms with E-state index in [9.17, 15) is 9.59 Å². The molecule has 0 unspecified atom stereocenters. The lowest BCUT2D eigenvalue weighted by atomic mass is 10.2. The van der Waals surface area contributed by atoms with Crippen LogP contribution in [0.4, 0.5) is 0 Å². The van der Waals surface area contributed by atoms with Gasteiger partial charge in [-0.3, -0.25) is 0 Å². The van der Waals surface area contributed by atoms with Gasteiger partial charge in [0.1, 0.15) is 41.6 Å². The molecule has 32 heavy (non-hydrogen) atoms. The van der Waals surface area contributed by atoms with Crippen molar-refractivity contribution >= 4 is 21.9 Å². The Labute approximate surface area is 180 Å². The standard InChI is InChI=1S/C23H17N3O6/c27-22-7-3-15-1-5-18(11-20(15)31-22)29-10-9-26-13-17(24-25-26)14-30-19-6-2-16-4-8-23(28)32-21(16)12-19/h1-8,11-13H,9-10,14H2. The zero-order chi connectivity index (χ0) is 21.9. The van der Waals surface area contributed by atoms with Crippen molar-refractivity contribution in [2.75, 3.05) is 6.61 Å². The van der Waals surface area contributed by atoms with E-state index in [1.54, 1.807) is 41.2 Å². The highest BCUT2D eigenvalue weighted by atomic mass is 16.5. The van der Waals surface area contributed by atoms with Crippen LogP contribution < -0.4 is 20.7 Å².